The molecule has 0 aromatic carbocycles. The van der Waals surface area contributed by atoms with Crippen LogP contribution in [0.3, 0.4) is 0 Å². The Morgan fingerprint density at radius 3 is 2.88 bits per heavy atom. The van der Waals surface area contributed by atoms with Gasteiger partial charge in [0, 0.05) is 24.7 Å². The molecule has 2 heterocycles. The number of ether oxygens (including phenoxy) is 1. The molecule has 3 atom stereocenters. The average Bonchev–Trinajstić information content (AvgIpc) is 3.09. The van der Waals surface area contributed by atoms with Gasteiger partial charge in [-0.3, -0.25) is 4.79 Å². The fraction of sp³-hybridized carbons (Fsp3) is 0.700. The summed E-state index contributed by atoms with van der Waals surface area (Å²) < 4.78 is 5.77. The molecule has 1 aliphatic carbocycles. The minimum Gasteiger partial charge on any atom is -0.477 e. The van der Waals surface area contributed by atoms with Crippen LogP contribution in [0.25, 0.3) is 0 Å². The molecule has 3 rings (SSSR count). The van der Waals surface area contributed by atoms with Crippen LogP contribution in [0.1, 0.15) is 62.7 Å². The van der Waals surface area contributed by atoms with Crippen LogP contribution in [-0.4, -0.2) is 46.2 Å². The number of rotatable bonds is 5. The summed E-state index contributed by atoms with van der Waals surface area (Å²) in [5, 5.41) is 10.4. The number of aromatic nitrogens is 1. The Balaban J connectivity index is 1.77. The summed E-state index contributed by atoms with van der Waals surface area (Å²) in [6.45, 7) is 5.45. The molecule has 5 nitrogen and oxygen atoms in total. The van der Waals surface area contributed by atoms with E-state index in [0.717, 1.165) is 45.1 Å². The van der Waals surface area contributed by atoms with E-state index >= 15 is 0 Å². The number of amides is 1. The molecule has 5 heteroatoms. The van der Waals surface area contributed by atoms with Gasteiger partial charge in [-0.15, -0.1) is 0 Å². The van der Waals surface area contributed by atoms with E-state index in [-0.39, 0.29) is 24.0 Å². The van der Waals surface area contributed by atoms with Gasteiger partial charge in [-0.05, 0) is 43.7 Å². The number of hydrogen-bond acceptors (Lipinski definition) is 4. The quantitative estimate of drug-likeness (QED) is 0.889. The summed E-state index contributed by atoms with van der Waals surface area (Å²) in [6.07, 6.45) is 7.48. The Labute approximate surface area is 150 Å². The van der Waals surface area contributed by atoms with E-state index in [1.807, 2.05) is 4.90 Å². The third-order valence-electron chi connectivity index (χ3n) is 5.39. The maximum Gasteiger partial charge on any atom is 0.259 e. The molecule has 0 spiro atoms. The van der Waals surface area contributed by atoms with Gasteiger partial charge in [0.15, 0.2) is 0 Å². The molecular formula is C20H30N2O3. The van der Waals surface area contributed by atoms with E-state index in [4.69, 9.17) is 4.74 Å². The van der Waals surface area contributed by atoms with Crippen molar-refractivity contribution in [3.8, 4) is 5.88 Å². The van der Waals surface area contributed by atoms with Crippen molar-refractivity contribution >= 4 is 5.91 Å². The van der Waals surface area contributed by atoms with Gasteiger partial charge in [-0.1, -0.05) is 26.7 Å². The number of aliphatic hydroxyl groups excluding tert-OH is 1. The number of nitrogens with zero attached hydrogens (tertiary/aromatic N) is 2. The first-order valence-corrected chi connectivity index (χ1v) is 9.64. The van der Waals surface area contributed by atoms with E-state index in [2.05, 4.69) is 18.8 Å². The highest BCUT2D eigenvalue weighted by Gasteiger charge is 2.39. The van der Waals surface area contributed by atoms with Crippen LogP contribution in [0.4, 0.5) is 0 Å². The second-order valence-electron chi connectivity index (χ2n) is 7.78. The van der Waals surface area contributed by atoms with E-state index in [1.165, 1.54) is 0 Å². The van der Waals surface area contributed by atoms with Crippen molar-refractivity contribution in [1.29, 1.82) is 0 Å². The maximum atomic E-state index is 13.2. The Bertz CT molecular complexity index is 590. The molecule has 138 valence electrons. The summed E-state index contributed by atoms with van der Waals surface area (Å²) in [7, 11) is 0. The molecule has 1 saturated heterocycles. The van der Waals surface area contributed by atoms with Gasteiger partial charge >= 0.3 is 0 Å². The third-order valence-corrected chi connectivity index (χ3v) is 5.39. The van der Waals surface area contributed by atoms with Crippen LogP contribution < -0.4 is 4.74 Å². The van der Waals surface area contributed by atoms with Gasteiger partial charge in [0.25, 0.3) is 5.91 Å². The molecule has 1 aromatic heterocycles. The fourth-order valence-corrected chi connectivity index (χ4v) is 4.15. The van der Waals surface area contributed by atoms with Crippen molar-refractivity contribution in [2.75, 3.05) is 13.2 Å². The topological polar surface area (TPSA) is 62.7 Å². The summed E-state index contributed by atoms with van der Waals surface area (Å²) in [5.41, 5.74) is 0.542. The predicted molar refractivity (Wildman–Crippen MR) is 96.6 cm³/mol. The Kier molecular flexibility index (Phi) is 5.94. The lowest BCUT2D eigenvalue weighted by molar-refractivity contribution is 0.0210. The highest BCUT2D eigenvalue weighted by Crippen LogP contribution is 2.36. The number of aliphatic hydroxyl groups is 1. The zero-order chi connectivity index (χ0) is 17.8. The van der Waals surface area contributed by atoms with Crippen molar-refractivity contribution in [3.05, 3.63) is 23.9 Å². The van der Waals surface area contributed by atoms with Gasteiger partial charge < -0.3 is 14.7 Å². The largest absolute Gasteiger partial charge is 0.477 e. The normalized spacial score (nSPS) is 26.9. The van der Waals surface area contributed by atoms with Crippen molar-refractivity contribution in [3.63, 3.8) is 0 Å². The molecular weight excluding hydrogens is 316 g/mol. The predicted octanol–water partition coefficient (Wildman–Crippen LogP) is 3.27. The zero-order valence-corrected chi connectivity index (χ0v) is 15.4. The first-order chi connectivity index (χ1) is 12.1. The van der Waals surface area contributed by atoms with Crippen LogP contribution in [0, 0.1) is 11.8 Å². The average molecular weight is 346 g/mol. The van der Waals surface area contributed by atoms with Gasteiger partial charge in [0.2, 0.25) is 5.88 Å². The fourth-order valence-electron chi connectivity index (χ4n) is 4.15. The molecule has 1 saturated carbocycles. The van der Waals surface area contributed by atoms with Crippen LogP contribution in [-0.2, 0) is 0 Å². The lowest BCUT2D eigenvalue weighted by atomic mass is 9.80. The second kappa shape index (κ2) is 8.17. The molecule has 2 aliphatic rings. The SMILES string of the molecule is CC(C)COc1ncccc1C(=O)N1CCCC1C1CCCCC1O. The molecule has 1 amide bonds. The monoisotopic (exact) mass is 346 g/mol. The van der Waals surface area contributed by atoms with Crippen LogP contribution in [0.2, 0.25) is 0 Å². The highest BCUT2D eigenvalue weighted by atomic mass is 16.5. The lowest BCUT2D eigenvalue weighted by Crippen LogP contribution is -2.45. The van der Waals surface area contributed by atoms with Crippen molar-refractivity contribution in [1.82, 2.24) is 9.88 Å². The Hall–Kier alpha value is -1.62. The second-order valence-corrected chi connectivity index (χ2v) is 7.78. The number of likely N-dealkylation sites (tertiary alicyclic amines) is 1. The van der Waals surface area contributed by atoms with Gasteiger partial charge in [0.1, 0.15) is 5.56 Å². The Morgan fingerprint density at radius 2 is 2.12 bits per heavy atom. The lowest BCUT2D eigenvalue weighted by Gasteiger charge is -2.37. The molecule has 0 bridgehead atoms. The Morgan fingerprint density at radius 1 is 1.32 bits per heavy atom. The maximum absolute atomic E-state index is 13.2. The van der Waals surface area contributed by atoms with E-state index in [0.29, 0.717) is 24.0 Å². The zero-order valence-electron chi connectivity index (χ0n) is 15.4. The minimum absolute atomic E-state index is 0.00729. The first kappa shape index (κ1) is 18.2. The summed E-state index contributed by atoms with van der Waals surface area (Å²) in [5.74, 6) is 1.00. The smallest absolute Gasteiger partial charge is 0.259 e. The molecule has 2 fully saturated rings. The van der Waals surface area contributed by atoms with Crippen molar-refractivity contribution in [2.24, 2.45) is 11.8 Å². The third kappa shape index (κ3) is 4.14. The van der Waals surface area contributed by atoms with Crippen molar-refractivity contribution in [2.45, 2.75) is 64.5 Å². The molecule has 1 N–H and O–H groups in total. The molecule has 1 aliphatic heterocycles. The van der Waals surface area contributed by atoms with Gasteiger partial charge in [0.05, 0.1) is 12.7 Å². The van der Waals surface area contributed by atoms with Crippen molar-refractivity contribution < 1.29 is 14.6 Å². The van der Waals surface area contributed by atoms with Crippen LogP contribution in [0.15, 0.2) is 18.3 Å². The molecule has 25 heavy (non-hydrogen) atoms. The summed E-state index contributed by atoms with van der Waals surface area (Å²) in [4.78, 5) is 19.4. The van der Waals surface area contributed by atoms with E-state index in [1.54, 1.807) is 18.3 Å². The highest BCUT2D eigenvalue weighted by molar-refractivity contribution is 5.96. The molecule has 3 unspecified atom stereocenters. The standard InChI is InChI=1S/C20H30N2O3/c1-14(2)13-25-19-16(8-5-11-21-19)20(24)22-12-6-9-17(22)15-7-3-4-10-18(15)23/h5,8,11,14-15,17-18,23H,3-4,6-7,9-10,12-13H2,1-2H3. The minimum atomic E-state index is -0.280. The van der Waals surface area contributed by atoms with E-state index < -0.39 is 0 Å². The molecule has 0 radical (unpaired) electrons. The molecule has 1 aromatic rings. The summed E-state index contributed by atoms with van der Waals surface area (Å²) in [6, 6.07) is 3.73. The van der Waals surface area contributed by atoms with Crippen LogP contribution in [0.5, 0.6) is 5.88 Å². The number of pyridine rings is 1. The van der Waals surface area contributed by atoms with Gasteiger partial charge in [-0.2, -0.15) is 0 Å². The van der Waals surface area contributed by atoms with Crippen LogP contribution >= 0.6 is 0 Å². The number of hydrogen-bond donors (Lipinski definition) is 1. The summed E-state index contributed by atoms with van der Waals surface area (Å²) >= 11 is 0. The number of carbonyl (C=O) groups is 1. The first-order valence-electron chi connectivity index (χ1n) is 9.64. The van der Waals surface area contributed by atoms with E-state index in [9.17, 15) is 9.90 Å². The number of carbonyl (C=O) groups excluding carboxylic acids is 1. The van der Waals surface area contributed by atoms with Gasteiger partial charge in [-0.25, -0.2) is 4.98 Å².